The van der Waals surface area contributed by atoms with Crippen molar-refractivity contribution in [3.05, 3.63) is 24.3 Å². The molecular formula is C14H21N3O2. The first kappa shape index (κ1) is 13.7. The highest BCUT2D eigenvalue weighted by atomic mass is 16.5. The molecule has 2 rings (SSSR count). The third-order valence-electron chi connectivity index (χ3n) is 3.45. The van der Waals surface area contributed by atoms with Gasteiger partial charge in [-0.1, -0.05) is 12.5 Å². The Kier molecular flexibility index (Phi) is 4.63. The highest BCUT2D eigenvalue weighted by molar-refractivity contribution is 5.79. The van der Waals surface area contributed by atoms with E-state index in [4.69, 9.17) is 16.2 Å². The van der Waals surface area contributed by atoms with Crippen molar-refractivity contribution in [2.45, 2.75) is 25.3 Å². The van der Waals surface area contributed by atoms with Gasteiger partial charge in [-0.05, 0) is 31.5 Å². The van der Waals surface area contributed by atoms with Crippen molar-refractivity contribution in [1.82, 2.24) is 4.90 Å². The normalized spacial score (nSPS) is 20.1. The molecule has 1 saturated heterocycles. The number of likely N-dealkylation sites (tertiary alicyclic amines) is 1. The van der Waals surface area contributed by atoms with E-state index in [1.54, 1.807) is 6.07 Å². The lowest BCUT2D eigenvalue weighted by atomic mass is 10.0. The van der Waals surface area contributed by atoms with Crippen molar-refractivity contribution < 1.29 is 9.53 Å². The standard InChI is InChI=1S/C14H21N3O2/c15-11-4-3-5-12(10-11)19-9-8-17-7-2-1-6-13(17)14(16)18/h3-5,10,13H,1-2,6-9,15H2,(H2,16,18). The zero-order valence-corrected chi connectivity index (χ0v) is 11.0. The molecule has 0 saturated carbocycles. The zero-order valence-electron chi connectivity index (χ0n) is 11.0. The molecule has 0 aromatic heterocycles. The zero-order chi connectivity index (χ0) is 13.7. The Bertz CT molecular complexity index is 436. The van der Waals surface area contributed by atoms with Crippen molar-refractivity contribution in [2.75, 3.05) is 25.4 Å². The summed E-state index contributed by atoms with van der Waals surface area (Å²) in [4.78, 5) is 13.5. The van der Waals surface area contributed by atoms with Gasteiger partial charge in [0, 0.05) is 18.3 Å². The summed E-state index contributed by atoms with van der Waals surface area (Å²) >= 11 is 0. The summed E-state index contributed by atoms with van der Waals surface area (Å²) in [5.74, 6) is 0.524. The number of ether oxygens (including phenoxy) is 1. The Hall–Kier alpha value is -1.75. The van der Waals surface area contributed by atoms with E-state index in [-0.39, 0.29) is 11.9 Å². The lowest BCUT2D eigenvalue weighted by Gasteiger charge is -2.33. The molecule has 5 heteroatoms. The highest BCUT2D eigenvalue weighted by Gasteiger charge is 2.26. The fraction of sp³-hybridized carbons (Fsp3) is 0.500. The number of piperidine rings is 1. The molecule has 0 radical (unpaired) electrons. The van der Waals surface area contributed by atoms with Gasteiger partial charge in [0.15, 0.2) is 0 Å². The maximum atomic E-state index is 11.4. The van der Waals surface area contributed by atoms with Gasteiger partial charge in [-0.25, -0.2) is 0 Å². The number of carbonyl (C=O) groups is 1. The highest BCUT2D eigenvalue weighted by Crippen LogP contribution is 2.17. The van der Waals surface area contributed by atoms with Gasteiger partial charge in [-0.15, -0.1) is 0 Å². The molecule has 1 aromatic carbocycles. The Morgan fingerprint density at radius 1 is 1.42 bits per heavy atom. The summed E-state index contributed by atoms with van der Waals surface area (Å²) in [5.41, 5.74) is 11.8. The van der Waals surface area contributed by atoms with Crippen molar-refractivity contribution in [1.29, 1.82) is 0 Å². The second kappa shape index (κ2) is 6.43. The van der Waals surface area contributed by atoms with Gasteiger partial charge < -0.3 is 16.2 Å². The van der Waals surface area contributed by atoms with Crippen LogP contribution in [0.3, 0.4) is 0 Å². The van der Waals surface area contributed by atoms with Crippen LogP contribution < -0.4 is 16.2 Å². The van der Waals surface area contributed by atoms with Gasteiger partial charge in [-0.2, -0.15) is 0 Å². The molecule has 0 spiro atoms. The van der Waals surface area contributed by atoms with Gasteiger partial charge in [0.2, 0.25) is 5.91 Å². The van der Waals surface area contributed by atoms with Crippen molar-refractivity contribution in [3.63, 3.8) is 0 Å². The number of hydrogen-bond acceptors (Lipinski definition) is 4. The minimum absolute atomic E-state index is 0.141. The second-order valence-corrected chi connectivity index (χ2v) is 4.87. The molecule has 4 N–H and O–H groups in total. The quantitative estimate of drug-likeness (QED) is 0.776. The minimum atomic E-state index is -0.233. The van der Waals surface area contributed by atoms with E-state index in [0.29, 0.717) is 18.8 Å². The third-order valence-corrected chi connectivity index (χ3v) is 3.45. The van der Waals surface area contributed by atoms with Crippen LogP contribution in [0.15, 0.2) is 24.3 Å². The van der Waals surface area contributed by atoms with E-state index in [0.717, 1.165) is 31.6 Å². The number of nitrogen functional groups attached to an aromatic ring is 1. The Labute approximate surface area is 113 Å². The van der Waals surface area contributed by atoms with Gasteiger partial charge in [0.05, 0.1) is 6.04 Å². The molecule has 104 valence electrons. The van der Waals surface area contributed by atoms with E-state index in [2.05, 4.69) is 4.90 Å². The van der Waals surface area contributed by atoms with Crippen LogP contribution in [0.25, 0.3) is 0 Å². The van der Waals surface area contributed by atoms with Crippen LogP contribution in [0.4, 0.5) is 5.69 Å². The summed E-state index contributed by atoms with van der Waals surface area (Å²) in [6, 6.07) is 7.20. The lowest BCUT2D eigenvalue weighted by molar-refractivity contribution is -0.124. The first-order chi connectivity index (χ1) is 9.16. The number of hydrogen-bond donors (Lipinski definition) is 2. The van der Waals surface area contributed by atoms with Gasteiger partial charge in [0.1, 0.15) is 12.4 Å². The SMILES string of the molecule is NC(=O)C1CCCCN1CCOc1cccc(N)c1. The minimum Gasteiger partial charge on any atom is -0.492 e. The first-order valence-electron chi connectivity index (χ1n) is 6.68. The molecule has 1 atom stereocenters. The molecule has 1 amide bonds. The molecule has 1 unspecified atom stereocenters. The molecule has 1 fully saturated rings. The fourth-order valence-electron chi connectivity index (χ4n) is 2.47. The Balaban J connectivity index is 1.82. The molecule has 1 heterocycles. The van der Waals surface area contributed by atoms with E-state index in [1.165, 1.54) is 0 Å². The van der Waals surface area contributed by atoms with Crippen LogP contribution in [-0.4, -0.2) is 36.5 Å². The van der Waals surface area contributed by atoms with Crippen LogP contribution >= 0.6 is 0 Å². The van der Waals surface area contributed by atoms with Crippen molar-refractivity contribution in [3.8, 4) is 5.75 Å². The van der Waals surface area contributed by atoms with Crippen molar-refractivity contribution in [2.24, 2.45) is 5.73 Å². The number of anilines is 1. The molecule has 1 aliphatic rings. The number of nitrogens with two attached hydrogens (primary N) is 2. The number of primary amides is 1. The maximum absolute atomic E-state index is 11.4. The van der Waals surface area contributed by atoms with E-state index in [9.17, 15) is 4.79 Å². The average Bonchev–Trinajstić information content (AvgIpc) is 2.39. The van der Waals surface area contributed by atoms with Crippen molar-refractivity contribution >= 4 is 11.6 Å². The maximum Gasteiger partial charge on any atom is 0.234 e. The summed E-state index contributed by atoms with van der Waals surface area (Å²) < 4.78 is 5.64. The summed E-state index contributed by atoms with van der Waals surface area (Å²) in [5, 5.41) is 0. The van der Waals surface area contributed by atoms with E-state index in [1.807, 2.05) is 18.2 Å². The van der Waals surface area contributed by atoms with Gasteiger partial charge in [0.25, 0.3) is 0 Å². The summed E-state index contributed by atoms with van der Waals surface area (Å²) in [7, 11) is 0. The van der Waals surface area contributed by atoms with Crippen LogP contribution in [-0.2, 0) is 4.79 Å². The van der Waals surface area contributed by atoms with Gasteiger partial charge >= 0.3 is 0 Å². The summed E-state index contributed by atoms with van der Waals surface area (Å²) in [6.45, 7) is 2.16. The Morgan fingerprint density at radius 3 is 3.00 bits per heavy atom. The fourth-order valence-corrected chi connectivity index (χ4v) is 2.47. The third kappa shape index (κ3) is 3.86. The van der Waals surface area contributed by atoms with Crippen LogP contribution in [0.2, 0.25) is 0 Å². The molecular weight excluding hydrogens is 242 g/mol. The smallest absolute Gasteiger partial charge is 0.234 e. The molecule has 1 aromatic rings. The second-order valence-electron chi connectivity index (χ2n) is 4.87. The summed E-state index contributed by atoms with van der Waals surface area (Å²) in [6.07, 6.45) is 3.04. The molecule has 5 nitrogen and oxygen atoms in total. The number of carbonyl (C=O) groups excluding carboxylic acids is 1. The number of benzene rings is 1. The number of nitrogens with zero attached hydrogens (tertiary/aromatic N) is 1. The predicted molar refractivity (Wildman–Crippen MR) is 74.8 cm³/mol. The topological polar surface area (TPSA) is 81.6 Å². The molecule has 0 bridgehead atoms. The van der Waals surface area contributed by atoms with Crippen LogP contribution in [0, 0.1) is 0 Å². The lowest BCUT2D eigenvalue weighted by Crippen LogP contribution is -2.48. The van der Waals surface area contributed by atoms with Crippen LogP contribution in [0.1, 0.15) is 19.3 Å². The van der Waals surface area contributed by atoms with Gasteiger partial charge in [-0.3, -0.25) is 9.69 Å². The monoisotopic (exact) mass is 263 g/mol. The number of amides is 1. The molecule has 19 heavy (non-hydrogen) atoms. The number of rotatable bonds is 5. The van der Waals surface area contributed by atoms with E-state index >= 15 is 0 Å². The molecule has 0 aliphatic carbocycles. The largest absolute Gasteiger partial charge is 0.492 e. The van der Waals surface area contributed by atoms with Crippen LogP contribution in [0.5, 0.6) is 5.75 Å². The first-order valence-corrected chi connectivity index (χ1v) is 6.68. The molecule has 1 aliphatic heterocycles. The Morgan fingerprint density at radius 2 is 2.26 bits per heavy atom. The predicted octanol–water partition coefficient (Wildman–Crippen LogP) is 0.987. The van der Waals surface area contributed by atoms with E-state index < -0.39 is 0 Å². The average molecular weight is 263 g/mol.